The van der Waals surface area contributed by atoms with Crippen molar-refractivity contribution in [2.24, 2.45) is 0 Å². The first kappa shape index (κ1) is 19.1. The van der Waals surface area contributed by atoms with Gasteiger partial charge in [0.1, 0.15) is 0 Å². The van der Waals surface area contributed by atoms with Crippen LogP contribution in [-0.2, 0) is 25.9 Å². The molecule has 1 amide bonds. The van der Waals surface area contributed by atoms with E-state index < -0.39 is 0 Å². The zero-order valence-corrected chi connectivity index (χ0v) is 17.5. The molecule has 2 aliphatic rings. The van der Waals surface area contributed by atoms with Crippen LogP contribution in [0.1, 0.15) is 50.4 Å². The van der Waals surface area contributed by atoms with Crippen LogP contribution in [0.15, 0.2) is 48.5 Å². The summed E-state index contributed by atoms with van der Waals surface area (Å²) in [7, 11) is 0. The first-order valence-electron chi connectivity index (χ1n) is 10.5. The van der Waals surface area contributed by atoms with E-state index in [9.17, 15) is 9.59 Å². The number of carbonyl (C=O) groups is 2. The van der Waals surface area contributed by atoms with Crippen molar-refractivity contribution in [3.05, 3.63) is 81.5 Å². The van der Waals surface area contributed by atoms with E-state index in [0.29, 0.717) is 23.7 Å². The Morgan fingerprint density at radius 2 is 1.80 bits per heavy atom. The Kier molecular flexibility index (Phi) is 4.95. The second kappa shape index (κ2) is 7.77. The van der Waals surface area contributed by atoms with Crippen molar-refractivity contribution in [2.75, 3.05) is 6.54 Å². The van der Waals surface area contributed by atoms with Crippen LogP contribution in [0.3, 0.4) is 0 Å². The smallest absolute Gasteiger partial charge is 0.254 e. The molecule has 2 aliphatic heterocycles. The van der Waals surface area contributed by atoms with Crippen molar-refractivity contribution in [1.29, 1.82) is 0 Å². The van der Waals surface area contributed by atoms with Crippen LogP contribution < -0.4 is 0 Å². The molecule has 2 aromatic carbocycles. The molecule has 3 heterocycles. The van der Waals surface area contributed by atoms with Crippen LogP contribution in [0.4, 0.5) is 0 Å². The molecule has 4 nitrogen and oxygen atoms in total. The summed E-state index contributed by atoms with van der Waals surface area (Å²) in [5.74, 6) is 0.00943. The fraction of sp³-hybridized carbons (Fsp3) is 0.280. The van der Waals surface area contributed by atoms with Gasteiger partial charge in [0.15, 0.2) is 6.29 Å². The molecule has 0 bridgehead atoms. The summed E-state index contributed by atoms with van der Waals surface area (Å²) in [6.07, 6.45) is 4.83. The molecule has 0 aliphatic carbocycles. The number of rotatable bonds is 3. The van der Waals surface area contributed by atoms with E-state index in [1.807, 2.05) is 35.2 Å². The maximum absolute atomic E-state index is 13.6. The highest BCUT2D eigenvalue weighted by Crippen LogP contribution is 2.34. The third-order valence-electron chi connectivity index (χ3n) is 6.32. The second-order valence-electron chi connectivity index (χ2n) is 8.09. The number of nitrogens with zero attached hydrogens (tertiary/aromatic N) is 2. The highest BCUT2D eigenvalue weighted by Gasteiger charge is 2.26. The van der Waals surface area contributed by atoms with E-state index >= 15 is 0 Å². The topological polar surface area (TPSA) is 42.3 Å². The molecular formula is C25H23ClN2O2. The van der Waals surface area contributed by atoms with Crippen LogP contribution in [0, 0.1) is 0 Å². The molecular weight excluding hydrogens is 396 g/mol. The fourth-order valence-corrected chi connectivity index (χ4v) is 4.96. The number of halogens is 1. The predicted molar refractivity (Wildman–Crippen MR) is 118 cm³/mol. The summed E-state index contributed by atoms with van der Waals surface area (Å²) >= 11 is 6.34. The first-order valence-corrected chi connectivity index (χ1v) is 10.9. The van der Waals surface area contributed by atoms with Gasteiger partial charge in [0.2, 0.25) is 0 Å². The number of fused-ring (bicyclic) bond motifs is 2. The number of hydrogen-bond acceptors (Lipinski definition) is 2. The molecule has 3 aromatic rings. The average Bonchev–Trinajstić information content (AvgIpc) is 3.17. The third kappa shape index (κ3) is 3.25. The van der Waals surface area contributed by atoms with Gasteiger partial charge >= 0.3 is 0 Å². The molecule has 1 aromatic heterocycles. The van der Waals surface area contributed by atoms with Crippen molar-refractivity contribution < 1.29 is 9.59 Å². The Morgan fingerprint density at radius 3 is 2.63 bits per heavy atom. The minimum atomic E-state index is 0.00943. The Bertz CT molecular complexity index is 1150. The van der Waals surface area contributed by atoms with Gasteiger partial charge in [-0.2, -0.15) is 0 Å². The molecule has 5 rings (SSSR count). The standard InChI is InChI=1S/C25H23ClN2O2/c26-20-8-9-21(25(30)27-12-10-17-5-1-2-6-18(17)15-27)22(14-20)24-13-19(16-29)23-7-3-4-11-28(23)24/h1-2,5-6,8-9,13-14,16H,3-4,7,10-12,15H2. The Morgan fingerprint density at radius 1 is 0.967 bits per heavy atom. The van der Waals surface area contributed by atoms with E-state index in [1.54, 1.807) is 6.07 Å². The molecule has 0 saturated heterocycles. The van der Waals surface area contributed by atoms with E-state index in [0.717, 1.165) is 61.0 Å². The number of aldehydes is 1. The lowest BCUT2D eigenvalue weighted by atomic mass is 9.97. The Labute approximate surface area is 181 Å². The highest BCUT2D eigenvalue weighted by atomic mass is 35.5. The molecule has 30 heavy (non-hydrogen) atoms. The van der Waals surface area contributed by atoms with Gasteiger partial charge in [-0.25, -0.2) is 0 Å². The summed E-state index contributed by atoms with van der Waals surface area (Å²) in [4.78, 5) is 27.1. The molecule has 0 fully saturated rings. The molecule has 5 heteroatoms. The zero-order valence-electron chi connectivity index (χ0n) is 16.7. The minimum Gasteiger partial charge on any atom is -0.344 e. The largest absolute Gasteiger partial charge is 0.344 e. The molecule has 0 radical (unpaired) electrons. The number of carbonyl (C=O) groups excluding carboxylic acids is 2. The highest BCUT2D eigenvalue weighted by molar-refractivity contribution is 6.31. The quantitative estimate of drug-likeness (QED) is 0.551. The lowest BCUT2D eigenvalue weighted by Crippen LogP contribution is -2.36. The maximum atomic E-state index is 13.6. The van der Waals surface area contributed by atoms with Gasteiger partial charge in [-0.3, -0.25) is 9.59 Å². The van der Waals surface area contributed by atoms with Crippen molar-refractivity contribution in [3.63, 3.8) is 0 Å². The minimum absolute atomic E-state index is 0.00943. The summed E-state index contributed by atoms with van der Waals surface area (Å²) in [6.45, 7) is 2.17. The fourth-order valence-electron chi connectivity index (χ4n) is 4.79. The number of hydrogen-bond donors (Lipinski definition) is 0. The molecule has 0 spiro atoms. The number of benzene rings is 2. The van der Waals surface area contributed by atoms with E-state index in [-0.39, 0.29) is 5.91 Å². The maximum Gasteiger partial charge on any atom is 0.254 e. The van der Waals surface area contributed by atoms with Gasteiger partial charge in [0.05, 0.1) is 0 Å². The number of aromatic nitrogens is 1. The second-order valence-corrected chi connectivity index (χ2v) is 8.53. The molecule has 0 saturated carbocycles. The summed E-state index contributed by atoms with van der Waals surface area (Å²) in [5.41, 5.74) is 6.66. The lowest BCUT2D eigenvalue weighted by molar-refractivity contribution is 0.0735. The predicted octanol–water partition coefficient (Wildman–Crippen LogP) is 5.16. The van der Waals surface area contributed by atoms with Crippen LogP contribution >= 0.6 is 11.6 Å². The van der Waals surface area contributed by atoms with Crippen molar-refractivity contribution >= 4 is 23.8 Å². The van der Waals surface area contributed by atoms with E-state index in [2.05, 4.69) is 16.7 Å². The van der Waals surface area contributed by atoms with Gasteiger partial charge in [-0.15, -0.1) is 0 Å². The Hall–Kier alpha value is -2.85. The SMILES string of the molecule is O=Cc1cc(-c2cc(Cl)ccc2C(=O)N2CCc3ccccc3C2)n2c1CCCC2. The zero-order chi connectivity index (χ0) is 20.7. The van der Waals surface area contributed by atoms with Crippen LogP contribution in [0.25, 0.3) is 11.3 Å². The summed E-state index contributed by atoms with van der Waals surface area (Å²) in [5, 5.41) is 0.588. The third-order valence-corrected chi connectivity index (χ3v) is 6.56. The van der Waals surface area contributed by atoms with E-state index in [4.69, 9.17) is 11.6 Å². The van der Waals surface area contributed by atoms with Crippen LogP contribution in [-0.4, -0.2) is 28.2 Å². The van der Waals surface area contributed by atoms with Gasteiger partial charge in [0.25, 0.3) is 5.91 Å². The van der Waals surface area contributed by atoms with Crippen LogP contribution in [0.2, 0.25) is 5.02 Å². The van der Waals surface area contributed by atoms with Gasteiger partial charge in [-0.05, 0) is 61.1 Å². The summed E-state index contributed by atoms with van der Waals surface area (Å²) < 4.78 is 2.20. The number of amides is 1. The molecule has 0 atom stereocenters. The van der Waals surface area contributed by atoms with E-state index in [1.165, 1.54) is 11.1 Å². The first-order chi connectivity index (χ1) is 14.7. The van der Waals surface area contributed by atoms with Crippen molar-refractivity contribution in [2.45, 2.75) is 38.8 Å². The normalized spacial score (nSPS) is 15.4. The van der Waals surface area contributed by atoms with Gasteiger partial charge in [-0.1, -0.05) is 35.9 Å². The molecule has 0 N–H and O–H groups in total. The van der Waals surface area contributed by atoms with Gasteiger partial charge in [0, 0.05) is 52.7 Å². The lowest BCUT2D eigenvalue weighted by Gasteiger charge is -2.30. The van der Waals surface area contributed by atoms with Gasteiger partial charge < -0.3 is 9.47 Å². The monoisotopic (exact) mass is 418 g/mol. The average molecular weight is 419 g/mol. The van der Waals surface area contributed by atoms with Crippen molar-refractivity contribution in [1.82, 2.24) is 9.47 Å². The molecule has 0 unspecified atom stereocenters. The Balaban J connectivity index is 1.57. The van der Waals surface area contributed by atoms with Crippen LogP contribution in [0.5, 0.6) is 0 Å². The summed E-state index contributed by atoms with van der Waals surface area (Å²) in [6, 6.07) is 15.7. The molecule has 152 valence electrons. The van der Waals surface area contributed by atoms with Crippen molar-refractivity contribution in [3.8, 4) is 11.3 Å².